The van der Waals surface area contributed by atoms with Crippen LogP contribution in [0.5, 0.6) is 0 Å². The van der Waals surface area contributed by atoms with E-state index >= 15 is 0 Å². The molecule has 1 aliphatic rings. The van der Waals surface area contributed by atoms with E-state index in [9.17, 15) is 0 Å². The van der Waals surface area contributed by atoms with Crippen molar-refractivity contribution < 1.29 is 0 Å². The zero-order valence-electron chi connectivity index (χ0n) is 11.5. The number of hydrogen-bond donors (Lipinski definition) is 1. The van der Waals surface area contributed by atoms with Crippen LogP contribution >= 0.6 is 11.8 Å². The molecule has 1 atom stereocenters. The maximum absolute atomic E-state index is 4.76. The van der Waals surface area contributed by atoms with E-state index in [0.717, 1.165) is 29.4 Å². The molecule has 0 saturated carbocycles. The second-order valence-electron chi connectivity index (χ2n) is 5.13. The van der Waals surface area contributed by atoms with E-state index < -0.39 is 0 Å². The Morgan fingerprint density at radius 3 is 2.56 bits per heavy atom. The van der Waals surface area contributed by atoms with E-state index in [1.54, 1.807) is 0 Å². The molecule has 0 fully saturated rings. The van der Waals surface area contributed by atoms with Gasteiger partial charge in [0.05, 0.1) is 5.54 Å². The molecule has 1 heterocycles. The number of rotatable bonds is 4. The molecule has 2 nitrogen and oxygen atoms in total. The van der Waals surface area contributed by atoms with E-state index in [-0.39, 0.29) is 5.54 Å². The number of amidine groups is 1. The normalized spacial score (nSPS) is 22.9. The summed E-state index contributed by atoms with van der Waals surface area (Å²) in [7, 11) is 0. The highest BCUT2D eigenvalue weighted by Crippen LogP contribution is 2.30. The number of aliphatic imine (C=N–C) groups is 1. The maximum atomic E-state index is 4.76. The Kier molecular flexibility index (Phi) is 4.33. The lowest BCUT2D eigenvalue weighted by molar-refractivity contribution is 0.523. The summed E-state index contributed by atoms with van der Waals surface area (Å²) in [6, 6.07) is 8.70. The SMILES string of the molecule is CCCc1ccc(NC2=NC(C)(CC)CS2)cc1. The fourth-order valence-electron chi connectivity index (χ4n) is 1.95. The Morgan fingerprint density at radius 1 is 1.28 bits per heavy atom. The molecular weight excluding hydrogens is 240 g/mol. The summed E-state index contributed by atoms with van der Waals surface area (Å²) in [6.07, 6.45) is 3.45. The predicted molar refractivity (Wildman–Crippen MR) is 82.6 cm³/mol. The zero-order chi connectivity index (χ0) is 13.0. The average molecular weight is 262 g/mol. The number of nitrogens with one attached hydrogen (secondary N) is 1. The lowest BCUT2D eigenvalue weighted by atomic mass is 10.0. The van der Waals surface area contributed by atoms with Crippen LogP contribution in [0.3, 0.4) is 0 Å². The van der Waals surface area contributed by atoms with Crippen molar-refractivity contribution in [2.75, 3.05) is 11.1 Å². The van der Waals surface area contributed by atoms with Crippen molar-refractivity contribution in [2.45, 2.75) is 45.6 Å². The molecule has 1 aliphatic heterocycles. The summed E-state index contributed by atoms with van der Waals surface area (Å²) in [5.41, 5.74) is 2.67. The van der Waals surface area contributed by atoms with Crippen molar-refractivity contribution in [2.24, 2.45) is 4.99 Å². The number of aryl methyl sites for hydroxylation is 1. The van der Waals surface area contributed by atoms with Crippen LogP contribution in [0.25, 0.3) is 0 Å². The van der Waals surface area contributed by atoms with Gasteiger partial charge in [-0.2, -0.15) is 0 Å². The van der Waals surface area contributed by atoms with Gasteiger partial charge < -0.3 is 5.32 Å². The molecule has 1 aromatic carbocycles. The third kappa shape index (κ3) is 3.29. The average Bonchev–Trinajstić information content (AvgIpc) is 2.75. The third-order valence-corrected chi connectivity index (χ3v) is 4.63. The topological polar surface area (TPSA) is 24.4 Å². The van der Waals surface area contributed by atoms with E-state index in [1.807, 2.05) is 11.8 Å². The summed E-state index contributed by atoms with van der Waals surface area (Å²) in [5.74, 6) is 1.08. The van der Waals surface area contributed by atoms with Gasteiger partial charge >= 0.3 is 0 Å². The van der Waals surface area contributed by atoms with Crippen LogP contribution < -0.4 is 5.32 Å². The van der Waals surface area contributed by atoms with E-state index in [0.29, 0.717) is 0 Å². The Labute approximate surface area is 114 Å². The molecule has 0 radical (unpaired) electrons. The molecular formula is C15H22N2S. The van der Waals surface area contributed by atoms with Crippen LogP contribution in [0.4, 0.5) is 5.69 Å². The molecule has 3 heteroatoms. The van der Waals surface area contributed by atoms with Gasteiger partial charge in [0.15, 0.2) is 5.17 Å². The largest absolute Gasteiger partial charge is 0.335 e. The smallest absolute Gasteiger partial charge is 0.161 e. The first-order chi connectivity index (χ1) is 8.65. The van der Waals surface area contributed by atoms with Gasteiger partial charge in [-0.25, -0.2) is 0 Å². The van der Waals surface area contributed by atoms with Crippen LogP contribution in [0, 0.1) is 0 Å². The lowest BCUT2D eigenvalue weighted by Gasteiger charge is -2.15. The fraction of sp³-hybridized carbons (Fsp3) is 0.533. The minimum Gasteiger partial charge on any atom is -0.335 e. The molecule has 2 rings (SSSR count). The zero-order valence-corrected chi connectivity index (χ0v) is 12.3. The first kappa shape index (κ1) is 13.5. The number of benzene rings is 1. The van der Waals surface area contributed by atoms with Gasteiger partial charge in [0.1, 0.15) is 0 Å². The highest BCUT2D eigenvalue weighted by atomic mass is 32.2. The molecule has 0 saturated heterocycles. The number of nitrogens with zero attached hydrogens (tertiary/aromatic N) is 1. The summed E-state index contributed by atoms with van der Waals surface area (Å²) in [4.78, 5) is 4.76. The molecule has 0 amide bonds. The second kappa shape index (κ2) is 5.79. The second-order valence-corrected chi connectivity index (χ2v) is 6.09. The molecule has 0 aromatic heterocycles. The van der Waals surface area contributed by atoms with E-state index in [2.05, 4.69) is 50.4 Å². The van der Waals surface area contributed by atoms with Gasteiger partial charge in [-0.05, 0) is 37.5 Å². The van der Waals surface area contributed by atoms with Gasteiger partial charge in [-0.15, -0.1) is 0 Å². The summed E-state index contributed by atoms with van der Waals surface area (Å²) in [6.45, 7) is 6.63. The van der Waals surface area contributed by atoms with Gasteiger partial charge in [0.25, 0.3) is 0 Å². The minimum atomic E-state index is 0.120. The Hall–Kier alpha value is -0.960. The van der Waals surface area contributed by atoms with Crippen LogP contribution in [-0.2, 0) is 6.42 Å². The number of hydrogen-bond acceptors (Lipinski definition) is 3. The Bertz CT molecular complexity index is 425. The standard InChI is InChI=1S/C15H22N2S/c1-4-6-12-7-9-13(10-8-12)16-14-17-15(3,5-2)11-18-14/h7-10H,4-6,11H2,1-3H3,(H,16,17). The quantitative estimate of drug-likeness (QED) is 0.873. The van der Waals surface area contributed by atoms with Crippen LogP contribution in [0.2, 0.25) is 0 Å². The molecule has 18 heavy (non-hydrogen) atoms. The summed E-state index contributed by atoms with van der Waals surface area (Å²) in [5, 5.41) is 4.47. The predicted octanol–water partition coefficient (Wildman–Crippen LogP) is 4.32. The third-order valence-electron chi connectivity index (χ3n) is 3.40. The van der Waals surface area contributed by atoms with Gasteiger partial charge in [-0.3, -0.25) is 4.99 Å². The molecule has 0 spiro atoms. The Morgan fingerprint density at radius 2 is 2.00 bits per heavy atom. The molecule has 0 aliphatic carbocycles. The maximum Gasteiger partial charge on any atom is 0.161 e. The first-order valence-electron chi connectivity index (χ1n) is 6.74. The van der Waals surface area contributed by atoms with Crippen molar-refractivity contribution in [1.29, 1.82) is 0 Å². The minimum absolute atomic E-state index is 0.120. The van der Waals surface area contributed by atoms with Crippen molar-refractivity contribution in [3.05, 3.63) is 29.8 Å². The van der Waals surface area contributed by atoms with Gasteiger partial charge in [0.2, 0.25) is 0 Å². The van der Waals surface area contributed by atoms with Crippen LogP contribution in [0.1, 0.15) is 39.2 Å². The summed E-state index contributed by atoms with van der Waals surface area (Å²) < 4.78 is 0. The summed E-state index contributed by atoms with van der Waals surface area (Å²) >= 11 is 1.82. The highest BCUT2D eigenvalue weighted by molar-refractivity contribution is 8.14. The monoisotopic (exact) mass is 262 g/mol. The van der Waals surface area contributed by atoms with Crippen molar-refractivity contribution in [3.63, 3.8) is 0 Å². The first-order valence-corrected chi connectivity index (χ1v) is 7.72. The fourth-order valence-corrected chi connectivity index (χ4v) is 3.14. The molecule has 98 valence electrons. The number of anilines is 1. The van der Waals surface area contributed by atoms with Crippen molar-refractivity contribution >= 4 is 22.6 Å². The molecule has 1 aromatic rings. The van der Waals surface area contributed by atoms with E-state index in [4.69, 9.17) is 4.99 Å². The highest BCUT2D eigenvalue weighted by Gasteiger charge is 2.28. The molecule has 0 bridgehead atoms. The van der Waals surface area contributed by atoms with E-state index in [1.165, 1.54) is 12.0 Å². The molecule has 1 unspecified atom stereocenters. The van der Waals surface area contributed by atoms with Gasteiger partial charge in [-0.1, -0.05) is 44.2 Å². The van der Waals surface area contributed by atoms with Crippen molar-refractivity contribution in [3.8, 4) is 0 Å². The van der Waals surface area contributed by atoms with Crippen molar-refractivity contribution in [1.82, 2.24) is 0 Å². The lowest BCUT2D eigenvalue weighted by Crippen LogP contribution is -2.20. The van der Waals surface area contributed by atoms with Crippen LogP contribution in [0.15, 0.2) is 29.3 Å². The van der Waals surface area contributed by atoms with Crippen LogP contribution in [-0.4, -0.2) is 16.5 Å². The van der Waals surface area contributed by atoms with Gasteiger partial charge in [0, 0.05) is 11.4 Å². The Balaban J connectivity index is 2.00. The number of thioether (sulfide) groups is 1. The molecule has 1 N–H and O–H groups in total.